The van der Waals surface area contributed by atoms with Gasteiger partial charge in [0.1, 0.15) is 11.5 Å². The molecule has 4 nitrogen and oxygen atoms in total. The monoisotopic (exact) mass is 338 g/mol. The number of benzene rings is 1. The van der Waals surface area contributed by atoms with E-state index in [0.29, 0.717) is 11.7 Å². The van der Waals surface area contributed by atoms with Crippen molar-refractivity contribution >= 4 is 8.80 Å². The van der Waals surface area contributed by atoms with Crippen LogP contribution in [0.5, 0.6) is 11.5 Å². The quantitative estimate of drug-likeness (QED) is 0.695. The molecule has 1 saturated heterocycles. The van der Waals surface area contributed by atoms with E-state index in [9.17, 15) is 5.11 Å². The largest absolute Gasteiger partial charge is 0.566 e. The maximum absolute atomic E-state index is 9.67. The van der Waals surface area contributed by atoms with Crippen LogP contribution in [0.1, 0.15) is 52.9 Å². The number of hydrogen-bond donors (Lipinski definition) is 1. The van der Waals surface area contributed by atoms with Gasteiger partial charge in [-0.05, 0) is 31.4 Å². The van der Waals surface area contributed by atoms with E-state index in [1.54, 1.807) is 18.2 Å². The molecule has 130 valence electrons. The van der Waals surface area contributed by atoms with Crippen molar-refractivity contribution in [3.05, 3.63) is 24.3 Å². The van der Waals surface area contributed by atoms with Crippen LogP contribution in [0.15, 0.2) is 24.3 Å². The second-order valence-corrected chi connectivity index (χ2v) is 8.90. The molecule has 0 aromatic heterocycles. The fraction of sp³-hybridized carbons (Fsp3) is 0.667. The molecule has 1 aromatic carbocycles. The Balaban J connectivity index is 2.17. The Morgan fingerprint density at radius 3 is 2.74 bits per heavy atom. The molecule has 5 heteroatoms. The molecule has 1 unspecified atom stereocenters. The third-order valence-corrected chi connectivity index (χ3v) is 7.18. The van der Waals surface area contributed by atoms with Gasteiger partial charge in [-0.15, -0.1) is 0 Å². The molecule has 0 saturated carbocycles. The predicted molar refractivity (Wildman–Crippen MR) is 93.7 cm³/mol. The maximum Gasteiger partial charge on any atom is 0.566 e. The van der Waals surface area contributed by atoms with Gasteiger partial charge in [-0.3, -0.25) is 0 Å². The van der Waals surface area contributed by atoms with Gasteiger partial charge >= 0.3 is 8.80 Å². The molecule has 1 aromatic rings. The van der Waals surface area contributed by atoms with Crippen molar-refractivity contribution in [3.8, 4) is 11.5 Å². The molecule has 0 radical (unpaired) electrons. The lowest BCUT2D eigenvalue weighted by Crippen LogP contribution is -2.57. The Morgan fingerprint density at radius 2 is 2.09 bits per heavy atom. The smallest absolute Gasteiger partial charge is 0.508 e. The van der Waals surface area contributed by atoms with Crippen LogP contribution in [0.4, 0.5) is 0 Å². The molecule has 0 aliphatic carbocycles. The van der Waals surface area contributed by atoms with Crippen LogP contribution in [0.2, 0.25) is 6.04 Å². The molecule has 0 amide bonds. The Kier molecular flexibility index (Phi) is 6.93. The summed E-state index contributed by atoms with van der Waals surface area (Å²) in [6.07, 6.45) is 5.55. The molecule has 1 N–H and O–H groups in total. The minimum absolute atomic E-state index is 0.203. The summed E-state index contributed by atoms with van der Waals surface area (Å²) in [6.45, 7) is 7.27. The van der Waals surface area contributed by atoms with Crippen molar-refractivity contribution in [1.82, 2.24) is 0 Å². The first-order valence-corrected chi connectivity index (χ1v) is 10.9. The second-order valence-electron chi connectivity index (χ2n) is 6.31. The molecular weight excluding hydrogens is 308 g/mol. The lowest BCUT2D eigenvalue weighted by molar-refractivity contribution is -0.0413. The summed E-state index contributed by atoms with van der Waals surface area (Å²) in [5.41, 5.74) is 0. The lowest BCUT2D eigenvalue weighted by Gasteiger charge is -2.41. The van der Waals surface area contributed by atoms with Gasteiger partial charge < -0.3 is 18.4 Å². The summed E-state index contributed by atoms with van der Waals surface area (Å²) in [7, 11) is -2.74. The number of aromatic hydroxyl groups is 1. The number of rotatable bonds is 8. The summed E-state index contributed by atoms with van der Waals surface area (Å²) in [6, 6.07) is 7.74. The summed E-state index contributed by atoms with van der Waals surface area (Å²) in [5.74, 6) is 1.29. The van der Waals surface area contributed by atoms with Crippen LogP contribution >= 0.6 is 0 Å². The van der Waals surface area contributed by atoms with E-state index in [-0.39, 0.29) is 11.9 Å². The molecule has 1 aliphatic heterocycles. The van der Waals surface area contributed by atoms with Crippen molar-refractivity contribution in [1.29, 1.82) is 0 Å². The van der Waals surface area contributed by atoms with Crippen LogP contribution in [0, 0.1) is 5.92 Å². The number of hydrogen-bond acceptors (Lipinski definition) is 4. The minimum atomic E-state index is -2.74. The minimum Gasteiger partial charge on any atom is -0.508 e. The molecule has 1 heterocycles. The molecule has 23 heavy (non-hydrogen) atoms. The van der Waals surface area contributed by atoms with Gasteiger partial charge in [0.2, 0.25) is 0 Å². The van der Waals surface area contributed by atoms with E-state index >= 15 is 0 Å². The van der Waals surface area contributed by atoms with Crippen LogP contribution in [-0.2, 0) is 8.85 Å². The van der Waals surface area contributed by atoms with Crippen molar-refractivity contribution in [2.75, 3.05) is 6.61 Å². The van der Waals surface area contributed by atoms with E-state index in [4.69, 9.17) is 13.3 Å². The second kappa shape index (κ2) is 8.71. The van der Waals surface area contributed by atoms with Crippen LogP contribution in [0.3, 0.4) is 0 Å². The van der Waals surface area contributed by atoms with Gasteiger partial charge in [0.25, 0.3) is 0 Å². The Bertz CT molecular complexity index is 482. The van der Waals surface area contributed by atoms with Gasteiger partial charge in [0, 0.05) is 24.6 Å². The summed E-state index contributed by atoms with van der Waals surface area (Å²) >= 11 is 0. The van der Waals surface area contributed by atoms with Gasteiger partial charge in [0.05, 0.1) is 6.10 Å². The molecule has 1 aliphatic rings. The van der Waals surface area contributed by atoms with E-state index in [0.717, 1.165) is 44.8 Å². The molecule has 1 fully saturated rings. The first-order valence-electron chi connectivity index (χ1n) is 8.92. The first-order chi connectivity index (χ1) is 11.1. The van der Waals surface area contributed by atoms with E-state index in [1.165, 1.54) is 0 Å². The molecule has 0 spiro atoms. The highest BCUT2D eigenvalue weighted by molar-refractivity contribution is 6.61. The van der Waals surface area contributed by atoms with E-state index in [1.807, 2.05) is 6.07 Å². The SMILES string of the molecule is CCCC[Si]1(Oc2cccc(O)c2)OC[C@@H](CC)[C@@H](CCC)O1. The van der Waals surface area contributed by atoms with E-state index in [2.05, 4.69) is 20.8 Å². The zero-order chi connectivity index (χ0) is 16.7. The zero-order valence-corrected chi connectivity index (χ0v) is 15.6. The predicted octanol–water partition coefficient (Wildman–Crippen LogP) is 4.75. The Hall–Kier alpha value is -1.04. The van der Waals surface area contributed by atoms with Crippen molar-refractivity contribution in [2.24, 2.45) is 5.92 Å². The number of phenols is 1. The van der Waals surface area contributed by atoms with Gasteiger partial charge in [-0.2, -0.15) is 0 Å². The summed E-state index contributed by atoms with van der Waals surface area (Å²) in [5, 5.41) is 9.67. The van der Waals surface area contributed by atoms with Crippen molar-refractivity contribution in [2.45, 2.75) is 65.0 Å². The Labute approximate surface area is 141 Å². The standard InChI is InChI=1S/C18H30O4Si/c1-4-7-12-23(21-17-11-8-10-16(19)13-17)20-14-15(6-3)18(22-23)9-5-2/h8,10-11,13,15,18-19H,4-7,9,12,14H2,1-3H3/t15-,18-,23?/m1/s1. The Morgan fingerprint density at radius 1 is 1.26 bits per heavy atom. The normalized spacial score (nSPS) is 27.8. The van der Waals surface area contributed by atoms with E-state index < -0.39 is 8.80 Å². The number of unbranched alkanes of at least 4 members (excludes halogenated alkanes) is 1. The number of phenolic OH excluding ortho intramolecular Hbond substituents is 1. The average Bonchev–Trinajstić information content (AvgIpc) is 2.54. The highest BCUT2D eigenvalue weighted by Crippen LogP contribution is 2.34. The average molecular weight is 339 g/mol. The zero-order valence-electron chi connectivity index (χ0n) is 14.6. The fourth-order valence-electron chi connectivity index (χ4n) is 3.02. The first kappa shape index (κ1) is 18.3. The van der Waals surface area contributed by atoms with Crippen molar-refractivity contribution in [3.63, 3.8) is 0 Å². The summed E-state index contributed by atoms with van der Waals surface area (Å²) < 4.78 is 18.9. The van der Waals surface area contributed by atoms with Gasteiger partial charge in [0.15, 0.2) is 0 Å². The van der Waals surface area contributed by atoms with Crippen LogP contribution in [0.25, 0.3) is 0 Å². The van der Waals surface area contributed by atoms with Crippen LogP contribution < -0.4 is 4.43 Å². The van der Waals surface area contributed by atoms with Gasteiger partial charge in [-0.25, -0.2) is 0 Å². The fourth-order valence-corrected chi connectivity index (χ4v) is 6.07. The summed E-state index contributed by atoms with van der Waals surface area (Å²) in [4.78, 5) is 0. The molecule has 0 bridgehead atoms. The van der Waals surface area contributed by atoms with Crippen LogP contribution in [-0.4, -0.2) is 26.6 Å². The van der Waals surface area contributed by atoms with Crippen molar-refractivity contribution < 1.29 is 18.4 Å². The molecule has 2 rings (SSSR count). The maximum atomic E-state index is 9.67. The molecular formula is C18H30O4Si. The third-order valence-electron chi connectivity index (χ3n) is 4.40. The lowest BCUT2D eigenvalue weighted by atomic mass is 9.97. The molecule has 3 atom stereocenters. The van der Waals surface area contributed by atoms with Gasteiger partial charge in [-0.1, -0.05) is 39.7 Å². The topological polar surface area (TPSA) is 47.9 Å². The highest BCUT2D eigenvalue weighted by atomic mass is 28.4. The third kappa shape index (κ3) is 4.96. The highest BCUT2D eigenvalue weighted by Gasteiger charge is 2.50.